The van der Waals surface area contributed by atoms with Crippen LogP contribution in [0.5, 0.6) is 28.7 Å². The molecule has 8 heteroatoms. The number of hydrogen-bond donors (Lipinski definition) is 2. The van der Waals surface area contributed by atoms with Crippen LogP contribution >= 0.6 is 0 Å². The average Bonchev–Trinajstić information content (AvgIpc) is 3.62. The Morgan fingerprint density at radius 2 is 1.23 bits per heavy atom. The monoisotopic (exact) mass is 709 g/mol. The van der Waals surface area contributed by atoms with Crippen molar-refractivity contribution in [2.75, 3.05) is 35.0 Å². The minimum absolute atomic E-state index is 0.0300. The van der Waals surface area contributed by atoms with Gasteiger partial charge in [0.05, 0.1) is 28.4 Å². The lowest BCUT2D eigenvalue weighted by molar-refractivity contribution is 0.260. The van der Waals surface area contributed by atoms with E-state index in [1.807, 2.05) is 61.5 Å². The SMILES string of the molecule is C=CCCC(C)CC.CCC(C)CCO.COc1cc2c3cc(OC)c(OC)cc3c3cc(OC)c4oc(-c5ccc(C)cc5)nc4c3c2cc1O. The van der Waals surface area contributed by atoms with E-state index in [9.17, 15) is 5.11 Å². The molecule has 5 aromatic carbocycles. The maximum Gasteiger partial charge on any atom is 0.227 e. The predicted octanol–water partition coefficient (Wildman–Crippen LogP) is 11.4. The fourth-order valence-electron chi connectivity index (χ4n) is 6.03. The van der Waals surface area contributed by atoms with Crippen molar-refractivity contribution in [2.45, 2.75) is 66.7 Å². The third kappa shape index (κ3) is 8.73. The number of aryl methyl sites for hydroxylation is 1. The highest BCUT2D eigenvalue weighted by Crippen LogP contribution is 2.48. The van der Waals surface area contributed by atoms with E-state index in [2.05, 4.69) is 34.3 Å². The summed E-state index contributed by atoms with van der Waals surface area (Å²) in [4.78, 5) is 4.94. The molecule has 0 aliphatic carbocycles. The van der Waals surface area contributed by atoms with Crippen LogP contribution < -0.4 is 18.9 Å². The summed E-state index contributed by atoms with van der Waals surface area (Å²) in [6.07, 6.45) is 7.91. The second-order valence-electron chi connectivity index (χ2n) is 13.3. The van der Waals surface area contributed by atoms with Crippen LogP contribution in [-0.2, 0) is 0 Å². The van der Waals surface area contributed by atoms with Gasteiger partial charge in [0.2, 0.25) is 5.89 Å². The van der Waals surface area contributed by atoms with Crippen LogP contribution in [0.2, 0.25) is 0 Å². The summed E-state index contributed by atoms with van der Waals surface area (Å²) in [5.74, 6) is 4.22. The molecule has 0 saturated carbocycles. The van der Waals surface area contributed by atoms with Gasteiger partial charge in [-0.3, -0.25) is 0 Å². The first-order valence-corrected chi connectivity index (χ1v) is 18.1. The highest BCUT2D eigenvalue weighted by molar-refractivity contribution is 6.32. The molecule has 2 unspecified atom stereocenters. The number of aromatic nitrogens is 1. The van der Waals surface area contributed by atoms with E-state index >= 15 is 0 Å². The molecule has 2 atom stereocenters. The van der Waals surface area contributed by atoms with Crippen LogP contribution in [0.3, 0.4) is 0 Å². The van der Waals surface area contributed by atoms with Crippen LogP contribution in [-0.4, -0.2) is 50.2 Å². The highest BCUT2D eigenvalue weighted by atomic mass is 16.5. The number of hydrogen-bond acceptors (Lipinski definition) is 8. The van der Waals surface area contributed by atoms with E-state index in [1.165, 1.54) is 32.8 Å². The topological polar surface area (TPSA) is 103 Å². The standard InChI is InChI=1S/C30H25NO6.C8H16.C6H14O/c1-15-6-8-16(9-7-15)30-31-28-27-20-10-22(32)23(33-2)11-18(20)17-12-24(34-3)25(35-4)13-19(17)21(27)14-26(36-5)29(28)37-30;1-4-6-7-8(3)5-2;1-3-6(2)4-5-7/h6-14,32H,1-5H3;4,8H,1,5-7H2,2-3H3;6-7H,3-5H2,1-2H3. The van der Waals surface area contributed by atoms with Crippen LogP contribution in [0.25, 0.3) is 54.9 Å². The van der Waals surface area contributed by atoms with Crippen LogP contribution in [0, 0.1) is 18.8 Å². The van der Waals surface area contributed by atoms with E-state index in [-0.39, 0.29) is 5.75 Å². The number of allylic oxidation sites excluding steroid dienone is 1. The first-order chi connectivity index (χ1) is 25.1. The Balaban J connectivity index is 0.000000340. The molecular formula is C44H55NO7. The Kier molecular flexibility index (Phi) is 14.2. The first kappa shape index (κ1) is 39.8. The summed E-state index contributed by atoms with van der Waals surface area (Å²) < 4.78 is 28.7. The minimum Gasteiger partial charge on any atom is -0.504 e. The van der Waals surface area contributed by atoms with Gasteiger partial charge in [0, 0.05) is 17.6 Å². The number of methoxy groups -OCH3 is 4. The number of phenolic OH excluding ortho intramolecular Hbond substituents is 1. The number of ether oxygens (including phenoxy) is 4. The lowest BCUT2D eigenvalue weighted by Crippen LogP contribution is -1.94. The Morgan fingerprint density at radius 1 is 0.731 bits per heavy atom. The molecule has 278 valence electrons. The van der Waals surface area contributed by atoms with Gasteiger partial charge in [0.1, 0.15) is 5.52 Å². The first-order valence-electron chi connectivity index (χ1n) is 18.1. The van der Waals surface area contributed by atoms with Gasteiger partial charge in [-0.05, 0) is 107 Å². The van der Waals surface area contributed by atoms with Crippen molar-refractivity contribution in [3.05, 3.63) is 72.8 Å². The maximum atomic E-state index is 10.8. The fraction of sp³-hybridized carbons (Fsp3) is 0.386. The van der Waals surface area contributed by atoms with Gasteiger partial charge in [-0.2, -0.15) is 0 Å². The number of oxazole rings is 1. The lowest BCUT2D eigenvalue weighted by Gasteiger charge is -2.16. The normalized spacial score (nSPS) is 12.1. The summed E-state index contributed by atoms with van der Waals surface area (Å²) in [5.41, 5.74) is 3.17. The molecule has 1 aromatic heterocycles. The maximum absolute atomic E-state index is 10.8. The fourth-order valence-corrected chi connectivity index (χ4v) is 6.03. The zero-order chi connectivity index (χ0) is 37.9. The van der Waals surface area contributed by atoms with Crippen molar-refractivity contribution in [3.63, 3.8) is 0 Å². The van der Waals surface area contributed by atoms with Gasteiger partial charge >= 0.3 is 0 Å². The minimum atomic E-state index is 0.0300. The van der Waals surface area contributed by atoms with Crippen molar-refractivity contribution in [3.8, 4) is 40.2 Å². The number of fused-ring (bicyclic) bond motifs is 8. The van der Waals surface area contributed by atoms with E-state index < -0.39 is 0 Å². The van der Waals surface area contributed by atoms with Crippen LogP contribution in [0.4, 0.5) is 0 Å². The molecular weight excluding hydrogens is 654 g/mol. The molecule has 0 spiro atoms. The molecule has 0 radical (unpaired) electrons. The number of nitrogens with zero attached hydrogens (tertiary/aromatic N) is 1. The third-order valence-electron chi connectivity index (χ3n) is 9.72. The molecule has 2 N–H and O–H groups in total. The zero-order valence-electron chi connectivity index (χ0n) is 32.3. The average molecular weight is 710 g/mol. The molecule has 0 aliphatic heterocycles. The summed E-state index contributed by atoms with van der Waals surface area (Å²) in [6.45, 7) is 14.8. The largest absolute Gasteiger partial charge is 0.504 e. The Hall–Kier alpha value is -4.95. The second-order valence-corrected chi connectivity index (χ2v) is 13.3. The van der Waals surface area contributed by atoms with Gasteiger partial charge < -0.3 is 33.6 Å². The Morgan fingerprint density at radius 3 is 1.73 bits per heavy atom. The van der Waals surface area contributed by atoms with Gasteiger partial charge in [-0.25, -0.2) is 4.98 Å². The highest BCUT2D eigenvalue weighted by Gasteiger charge is 2.22. The van der Waals surface area contributed by atoms with Gasteiger partial charge in [0.25, 0.3) is 0 Å². The van der Waals surface area contributed by atoms with E-state index in [1.54, 1.807) is 27.4 Å². The number of phenols is 1. The molecule has 8 nitrogen and oxygen atoms in total. The smallest absolute Gasteiger partial charge is 0.227 e. The number of aliphatic hydroxyl groups is 1. The van der Waals surface area contributed by atoms with Crippen molar-refractivity contribution >= 4 is 43.4 Å². The van der Waals surface area contributed by atoms with E-state index in [0.717, 1.165) is 55.8 Å². The molecule has 1 heterocycles. The molecule has 0 amide bonds. The third-order valence-corrected chi connectivity index (χ3v) is 9.72. The Labute approximate surface area is 308 Å². The van der Waals surface area contributed by atoms with Crippen molar-refractivity contribution in [1.82, 2.24) is 4.98 Å². The number of aliphatic hydroxyl groups excluding tert-OH is 1. The van der Waals surface area contributed by atoms with E-state index in [0.29, 0.717) is 52.5 Å². The van der Waals surface area contributed by atoms with Crippen molar-refractivity contribution < 1.29 is 33.6 Å². The quantitative estimate of drug-likeness (QED) is 0.0956. The van der Waals surface area contributed by atoms with Gasteiger partial charge in [0.15, 0.2) is 34.3 Å². The van der Waals surface area contributed by atoms with Crippen molar-refractivity contribution in [1.29, 1.82) is 0 Å². The molecule has 0 aliphatic rings. The summed E-state index contributed by atoms with van der Waals surface area (Å²) in [6, 6.07) is 17.4. The van der Waals surface area contributed by atoms with Gasteiger partial charge in [-0.1, -0.05) is 64.3 Å². The number of benzene rings is 5. The number of aromatic hydroxyl groups is 1. The summed E-state index contributed by atoms with van der Waals surface area (Å²) in [7, 11) is 6.35. The Bertz CT molecular complexity index is 2100. The predicted molar refractivity (Wildman–Crippen MR) is 215 cm³/mol. The summed E-state index contributed by atoms with van der Waals surface area (Å²) >= 11 is 0. The molecule has 6 rings (SSSR count). The van der Waals surface area contributed by atoms with Gasteiger partial charge in [-0.15, -0.1) is 6.58 Å². The summed E-state index contributed by atoms with van der Waals surface area (Å²) in [5, 5.41) is 24.3. The lowest BCUT2D eigenvalue weighted by atomic mass is 9.92. The van der Waals surface area contributed by atoms with Crippen LogP contribution in [0.15, 0.2) is 71.7 Å². The molecule has 0 saturated heterocycles. The second kappa shape index (κ2) is 18.5. The molecule has 0 fully saturated rings. The zero-order valence-corrected chi connectivity index (χ0v) is 32.3. The molecule has 6 aromatic rings. The molecule has 52 heavy (non-hydrogen) atoms. The van der Waals surface area contributed by atoms with E-state index in [4.69, 9.17) is 33.5 Å². The van der Waals surface area contributed by atoms with Crippen molar-refractivity contribution in [2.24, 2.45) is 11.8 Å². The van der Waals surface area contributed by atoms with Crippen LogP contribution in [0.1, 0.15) is 65.4 Å². The molecule has 0 bridgehead atoms. The number of rotatable bonds is 12.